The molecule has 1 aliphatic rings. The molecule has 4 heteroatoms. The average Bonchev–Trinajstić information content (AvgIpc) is 2.84. The zero-order chi connectivity index (χ0) is 11.5. The van der Waals surface area contributed by atoms with E-state index in [1.54, 1.807) is 0 Å². The molecule has 3 nitrogen and oxygen atoms in total. The molecule has 0 amide bonds. The Labute approximate surface area is 102 Å². The van der Waals surface area contributed by atoms with Crippen molar-refractivity contribution < 1.29 is 0 Å². The van der Waals surface area contributed by atoms with Crippen LogP contribution in [0.15, 0.2) is 0 Å². The summed E-state index contributed by atoms with van der Waals surface area (Å²) in [5.41, 5.74) is 1.19. The fourth-order valence-electron chi connectivity index (χ4n) is 2.27. The summed E-state index contributed by atoms with van der Waals surface area (Å²) in [7, 11) is 0. The first-order valence-corrected chi connectivity index (χ1v) is 6.86. The molecule has 1 aromatic heterocycles. The van der Waals surface area contributed by atoms with Crippen molar-refractivity contribution in [2.75, 3.05) is 19.6 Å². The third-order valence-corrected chi connectivity index (χ3v) is 4.46. The summed E-state index contributed by atoms with van der Waals surface area (Å²) < 4.78 is 0. The molecule has 0 aliphatic carbocycles. The van der Waals surface area contributed by atoms with Crippen molar-refractivity contribution in [3.8, 4) is 0 Å². The molecule has 1 saturated heterocycles. The van der Waals surface area contributed by atoms with Crippen LogP contribution in [0.1, 0.15) is 35.0 Å². The molecular weight excluding hydrogens is 218 g/mol. The van der Waals surface area contributed by atoms with Crippen LogP contribution >= 0.6 is 11.3 Å². The Kier molecular flexibility index (Phi) is 3.95. The molecule has 2 unspecified atom stereocenters. The second-order valence-corrected chi connectivity index (χ2v) is 5.91. The second kappa shape index (κ2) is 5.25. The molecule has 0 bridgehead atoms. The monoisotopic (exact) mass is 239 g/mol. The van der Waals surface area contributed by atoms with E-state index >= 15 is 0 Å². The van der Waals surface area contributed by atoms with Gasteiger partial charge in [-0.25, -0.2) is 4.98 Å². The number of hydrogen-bond donors (Lipinski definition) is 2. The van der Waals surface area contributed by atoms with Gasteiger partial charge in [-0.3, -0.25) is 0 Å². The van der Waals surface area contributed by atoms with Gasteiger partial charge in [0.2, 0.25) is 0 Å². The van der Waals surface area contributed by atoms with Gasteiger partial charge in [-0.15, -0.1) is 11.3 Å². The van der Waals surface area contributed by atoms with Gasteiger partial charge in [0.15, 0.2) is 0 Å². The smallest absolute Gasteiger partial charge is 0.0900 e. The number of aromatic nitrogens is 1. The Morgan fingerprint density at radius 1 is 1.56 bits per heavy atom. The highest BCUT2D eigenvalue weighted by Crippen LogP contribution is 2.24. The van der Waals surface area contributed by atoms with Crippen LogP contribution in [-0.4, -0.2) is 24.6 Å². The quantitative estimate of drug-likeness (QED) is 0.844. The topological polar surface area (TPSA) is 37.0 Å². The van der Waals surface area contributed by atoms with Crippen LogP contribution in [-0.2, 0) is 0 Å². The lowest BCUT2D eigenvalue weighted by molar-refractivity contribution is 0.472. The Hall–Kier alpha value is -0.450. The maximum absolute atomic E-state index is 4.48. The van der Waals surface area contributed by atoms with E-state index in [2.05, 4.69) is 36.4 Å². The van der Waals surface area contributed by atoms with Crippen LogP contribution in [0.4, 0.5) is 0 Å². The summed E-state index contributed by atoms with van der Waals surface area (Å²) in [5, 5.41) is 8.20. The minimum Gasteiger partial charge on any atom is -0.316 e. The first kappa shape index (κ1) is 12.0. The fourth-order valence-corrected chi connectivity index (χ4v) is 3.23. The summed E-state index contributed by atoms with van der Waals surface area (Å²) in [5.74, 6) is 0.803. The predicted molar refractivity (Wildman–Crippen MR) is 69.0 cm³/mol. The molecule has 2 heterocycles. The Morgan fingerprint density at radius 3 is 2.94 bits per heavy atom. The van der Waals surface area contributed by atoms with E-state index in [4.69, 9.17) is 0 Å². The van der Waals surface area contributed by atoms with Crippen molar-refractivity contribution >= 4 is 11.3 Å². The van der Waals surface area contributed by atoms with Crippen molar-refractivity contribution in [3.05, 3.63) is 15.6 Å². The summed E-state index contributed by atoms with van der Waals surface area (Å²) in [4.78, 5) is 5.87. The lowest BCUT2D eigenvalue weighted by atomic mass is 10.1. The number of thiazole rings is 1. The third kappa shape index (κ3) is 2.81. The number of nitrogens with one attached hydrogen (secondary N) is 2. The van der Waals surface area contributed by atoms with E-state index in [0.717, 1.165) is 12.5 Å². The maximum Gasteiger partial charge on any atom is 0.0900 e. The van der Waals surface area contributed by atoms with Gasteiger partial charge in [0.1, 0.15) is 0 Å². The molecule has 2 atom stereocenters. The molecule has 0 spiro atoms. The summed E-state index contributed by atoms with van der Waals surface area (Å²) >= 11 is 1.82. The van der Waals surface area contributed by atoms with Crippen LogP contribution in [0.3, 0.4) is 0 Å². The second-order valence-electron chi connectivity index (χ2n) is 4.67. The van der Waals surface area contributed by atoms with E-state index in [-0.39, 0.29) is 0 Å². The molecular formula is C12H21N3S. The van der Waals surface area contributed by atoms with E-state index < -0.39 is 0 Å². The van der Waals surface area contributed by atoms with Gasteiger partial charge in [0.05, 0.1) is 10.7 Å². The van der Waals surface area contributed by atoms with Crippen molar-refractivity contribution in [2.45, 2.75) is 33.2 Å². The zero-order valence-corrected chi connectivity index (χ0v) is 11.2. The van der Waals surface area contributed by atoms with Gasteiger partial charge >= 0.3 is 0 Å². The molecule has 0 aromatic carbocycles. The van der Waals surface area contributed by atoms with Gasteiger partial charge in [-0.1, -0.05) is 0 Å². The molecule has 1 aromatic rings. The van der Waals surface area contributed by atoms with E-state index in [0.29, 0.717) is 6.04 Å². The zero-order valence-electron chi connectivity index (χ0n) is 10.3. The summed E-state index contributed by atoms with van der Waals surface area (Å²) in [6.45, 7) is 9.88. The van der Waals surface area contributed by atoms with E-state index in [1.165, 1.54) is 35.1 Å². The number of hydrogen-bond acceptors (Lipinski definition) is 4. The lowest BCUT2D eigenvalue weighted by Gasteiger charge is -2.15. The highest BCUT2D eigenvalue weighted by Gasteiger charge is 2.17. The highest BCUT2D eigenvalue weighted by atomic mass is 32.1. The van der Waals surface area contributed by atoms with Crippen LogP contribution < -0.4 is 10.6 Å². The van der Waals surface area contributed by atoms with Crippen molar-refractivity contribution in [1.82, 2.24) is 15.6 Å². The molecule has 1 aliphatic heterocycles. The minimum atomic E-state index is 0.437. The largest absolute Gasteiger partial charge is 0.316 e. The van der Waals surface area contributed by atoms with Crippen LogP contribution in [0.25, 0.3) is 0 Å². The number of nitrogens with zero attached hydrogens (tertiary/aromatic N) is 1. The summed E-state index contributed by atoms with van der Waals surface area (Å²) in [6, 6.07) is 0.437. The average molecular weight is 239 g/mol. The van der Waals surface area contributed by atoms with Crippen LogP contribution in [0, 0.1) is 19.8 Å². The van der Waals surface area contributed by atoms with Gasteiger partial charge in [-0.2, -0.15) is 0 Å². The first-order valence-electron chi connectivity index (χ1n) is 6.05. The lowest BCUT2D eigenvalue weighted by Crippen LogP contribution is -2.26. The Morgan fingerprint density at radius 2 is 2.38 bits per heavy atom. The van der Waals surface area contributed by atoms with Gasteiger partial charge < -0.3 is 10.6 Å². The van der Waals surface area contributed by atoms with Crippen molar-refractivity contribution in [1.29, 1.82) is 0 Å². The van der Waals surface area contributed by atoms with E-state index in [9.17, 15) is 0 Å². The SMILES string of the molecule is Cc1nc(C)c(C(C)NCC2CCNC2)s1. The summed E-state index contributed by atoms with van der Waals surface area (Å²) in [6.07, 6.45) is 1.31. The van der Waals surface area contributed by atoms with Gasteiger partial charge in [-0.05, 0) is 52.7 Å². The van der Waals surface area contributed by atoms with Gasteiger partial charge in [0, 0.05) is 10.9 Å². The maximum atomic E-state index is 4.48. The molecule has 16 heavy (non-hydrogen) atoms. The normalized spacial score (nSPS) is 22.6. The molecule has 2 N–H and O–H groups in total. The number of aryl methyl sites for hydroxylation is 2. The van der Waals surface area contributed by atoms with E-state index in [1.807, 2.05) is 11.3 Å². The molecule has 0 saturated carbocycles. The van der Waals surface area contributed by atoms with Crippen LogP contribution in [0.5, 0.6) is 0 Å². The van der Waals surface area contributed by atoms with Gasteiger partial charge in [0.25, 0.3) is 0 Å². The van der Waals surface area contributed by atoms with Crippen LogP contribution in [0.2, 0.25) is 0 Å². The van der Waals surface area contributed by atoms with Crippen molar-refractivity contribution in [2.24, 2.45) is 5.92 Å². The fraction of sp³-hybridized carbons (Fsp3) is 0.750. The minimum absolute atomic E-state index is 0.437. The number of rotatable bonds is 4. The molecule has 1 fully saturated rings. The predicted octanol–water partition coefficient (Wildman–Crippen LogP) is 2.02. The third-order valence-electron chi connectivity index (χ3n) is 3.21. The highest BCUT2D eigenvalue weighted by molar-refractivity contribution is 7.11. The molecule has 2 rings (SSSR count). The Balaban J connectivity index is 1.87. The molecule has 0 radical (unpaired) electrons. The standard InChI is InChI=1S/C12H21N3S/c1-8(12-9(2)15-10(3)16-12)14-7-11-4-5-13-6-11/h8,11,13-14H,4-7H2,1-3H3. The molecule has 90 valence electrons. The first-order chi connectivity index (χ1) is 7.66. The Bertz CT molecular complexity index is 342. The van der Waals surface area contributed by atoms with Crippen molar-refractivity contribution in [3.63, 3.8) is 0 Å².